The third kappa shape index (κ3) is 3.04. The summed E-state index contributed by atoms with van der Waals surface area (Å²) in [7, 11) is 0. The van der Waals surface area contributed by atoms with Crippen LogP contribution in [0.2, 0.25) is 0 Å². The lowest BCUT2D eigenvalue weighted by atomic mass is 9.89. The number of carbonyl (C=O) groups is 1. The van der Waals surface area contributed by atoms with Gasteiger partial charge in [-0.1, -0.05) is 13.3 Å². The van der Waals surface area contributed by atoms with E-state index in [-0.39, 0.29) is 5.91 Å². The van der Waals surface area contributed by atoms with Gasteiger partial charge in [-0.3, -0.25) is 9.69 Å². The predicted octanol–water partition coefficient (Wildman–Crippen LogP) is 1.23. The molecular weight excluding hydrogens is 228 g/mol. The normalized spacial score (nSPS) is 27.9. The number of hydrogen-bond donors (Lipinski definition) is 1. The Morgan fingerprint density at radius 2 is 2.11 bits per heavy atom. The maximum absolute atomic E-state index is 12.2. The lowest BCUT2D eigenvalue weighted by molar-refractivity contribution is -0.145. The molecule has 0 aliphatic carbocycles. The summed E-state index contributed by atoms with van der Waals surface area (Å²) in [4.78, 5) is 16.3. The summed E-state index contributed by atoms with van der Waals surface area (Å²) < 4.78 is 0. The Morgan fingerprint density at radius 1 is 1.39 bits per heavy atom. The van der Waals surface area contributed by atoms with Gasteiger partial charge in [-0.25, -0.2) is 0 Å². The summed E-state index contributed by atoms with van der Waals surface area (Å²) in [6.45, 7) is 6.94. The summed E-state index contributed by atoms with van der Waals surface area (Å²) in [6.07, 6.45) is 5.35. The van der Waals surface area contributed by atoms with Gasteiger partial charge >= 0.3 is 0 Å². The first kappa shape index (κ1) is 13.8. The van der Waals surface area contributed by atoms with Gasteiger partial charge in [-0.15, -0.1) is 0 Å². The number of amides is 1. The molecule has 1 amide bonds. The second kappa shape index (κ2) is 5.57. The molecule has 0 aromatic rings. The van der Waals surface area contributed by atoms with Crippen molar-refractivity contribution < 1.29 is 9.90 Å². The van der Waals surface area contributed by atoms with E-state index in [0.717, 1.165) is 32.2 Å². The minimum Gasteiger partial charge on any atom is -0.387 e. The zero-order chi connectivity index (χ0) is 13.2. The SMILES string of the molecule is CCCC1(O)CN(CC(=O)N2CCCCC2C)C1. The number of aliphatic hydroxyl groups is 1. The fraction of sp³-hybridized carbons (Fsp3) is 0.929. The molecule has 2 fully saturated rings. The molecule has 4 nitrogen and oxygen atoms in total. The summed E-state index contributed by atoms with van der Waals surface area (Å²) in [5.74, 6) is 0.237. The Balaban J connectivity index is 1.76. The third-order valence-electron chi connectivity index (χ3n) is 4.23. The van der Waals surface area contributed by atoms with Crippen LogP contribution in [0.15, 0.2) is 0 Å². The Bertz CT molecular complexity index is 300. The fourth-order valence-electron chi connectivity index (χ4n) is 3.27. The van der Waals surface area contributed by atoms with E-state index in [9.17, 15) is 9.90 Å². The number of piperidine rings is 1. The highest BCUT2D eigenvalue weighted by Gasteiger charge is 2.41. The van der Waals surface area contributed by atoms with Crippen LogP contribution in [0.1, 0.15) is 46.0 Å². The molecule has 0 aromatic heterocycles. The molecule has 2 heterocycles. The van der Waals surface area contributed by atoms with E-state index in [1.165, 1.54) is 6.42 Å². The van der Waals surface area contributed by atoms with Crippen LogP contribution in [0.5, 0.6) is 0 Å². The molecule has 104 valence electrons. The van der Waals surface area contributed by atoms with E-state index in [2.05, 4.69) is 18.7 Å². The zero-order valence-electron chi connectivity index (χ0n) is 11.7. The lowest BCUT2D eigenvalue weighted by Gasteiger charge is -2.47. The van der Waals surface area contributed by atoms with Crippen molar-refractivity contribution in [2.45, 2.75) is 57.6 Å². The van der Waals surface area contributed by atoms with Crippen LogP contribution >= 0.6 is 0 Å². The highest BCUT2D eigenvalue weighted by atomic mass is 16.3. The molecular formula is C14H26N2O2. The Kier molecular flexibility index (Phi) is 4.28. The largest absolute Gasteiger partial charge is 0.387 e. The molecule has 0 radical (unpaired) electrons. The van der Waals surface area contributed by atoms with Crippen LogP contribution in [0.3, 0.4) is 0 Å². The maximum atomic E-state index is 12.2. The van der Waals surface area contributed by atoms with Crippen molar-refractivity contribution in [2.75, 3.05) is 26.2 Å². The molecule has 18 heavy (non-hydrogen) atoms. The third-order valence-corrected chi connectivity index (χ3v) is 4.23. The predicted molar refractivity (Wildman–Crippen MR) is 71.3 cm³/mol. The topological polar surface area (TPSA) is 43.8 Å². The van der Waals surface area contributed by atoms with Crippen LogP contribution in [0.25, 0.3) is 0 Å². The van der Waals surface area contributed by atoms with Crippen molar-refractivity contribution in [3.63, 3.8) is 0 Å². The number of rotatable bonds is 4. The van der Waals surface area contributed by atoms with E-state index < -0.39 is 5.60 Å². The average Bonchev–Trinajstić information content (AvgIpc) is 2.27. The maximum Gasteiger partial charge on any atom is 0.236 e. The fourth-order valence-corrected chi connectivity index (χ4v) is 3.27. The zero-order valence-corrected chi connectivity index (χ0v) is 11.7. The molecule has 1 unspecified atom stereocenters. The van der Waals surface area contributed by atoms with Gasteiger partial charge in [0.1, 0.15) is 0 Å². The number of β-amino-alcohol motifs (C(OH)–C–C–N with tert-alkyl or cyclic N) is 1. The highest BCUT2D eigenvalue weighted by Crippen LogP contribution is 2.26. The van der Waals surface area contributed by atoms with Crippen molar-refractivity contribution >= 4 is 5.91 Å². The molecule has 1 atom stereocenters. The minimum absolute atomic E-state index is 0.237. The quantitative estimate of drug-likeness (QED) is 0.821. The number of nitrogens with zero attached hydrogens (tertiary/aromatic N) is 2. The van der Waals surface area contributed by atoms with E-state index in [1.54, 1.807) is 0 Å². The Hall–Kier alpha value is -0.610. The summed E-state index contributed by atoms with van der Waals surface area (Å²) in [5, 5.41) is 10.1. The van der Waals surface area contributed by atoms with Crippen LogP contribution < -0.4 is 0 Å². The van der Waals surface area contributed by atoms with E-state index >= 15 is 0 Å². The van der Waals surface area contributed by atoms with Gasteiger partial charge in [-0.2, -0.15) is 0 Å². The number of carbonyl (C=O) groups excluding carboxylic acids is 1. The van der Waals surface area contributed by atoms with Crippen molar-refractivity contribution in [3.05, 3.63) is 0 Å². The first-order valence-electron chi connectivity index (χ1n) is 7.28. The van der Waals surface area contributed by atoms with Gasteiger partial charge < -0.3 is 10.0 Å². The van der Waals surface area contributed by atoms with Gasteiger partial charge in [0.15, 0.2) is 0 Å². The number of likely N-dealkylation sites (tertiary alicyclic amines) is 2. The monoisotopic (exact) mass is 254 g/mol. The standard InChI is InChI=1S/C14H26N2O2/c1-3-7-14(18)10-15(11-14)9-13(17)16-8-5-4-6-12(16)2/h12,18H,3-11H2,1-2H3. The molecule has 2 saturated heterocycles. The van der Waals surface area contributed by atoms with Crippen molar-refractivity contribution in [1.82, 2.24) is 9.80 Å². The minimum atomic E-state index is -0.525. The Morgan fingerprint density at radius 3 is 2.72 bits per heavy atom. The second-order valence-electron chi connectivity index (χ2n) is 6.05. The first-order valence-corrected chi connectivity index (χ1v) is 7.28. The number of hydrogen-bond acceptors (Lipinski definition) is 3. The Labute approximate surface area is 110 Å². The molecule has 0 spiro atoms. The van der Waals surface area contributed by atoms with E-state index in [1.807, 2.05) is 4.90 Å². The van der Waals surface area contributed by atoms with Crippen LogP contribution in [0.4, 0.5) is 0 Å². The molecule has 2 aliphatic heterocycles. The summed E-state index contributed by atoms with van der Waals surface area (Å²) >= 11 is 0. The molecule has 0 aromatic carbocycles. The molecule has 0 bridgehead atoms. The van der Waals surface area contributed by atoms with Gasteiger partial charge in [0.25, 0.3) is 0 Å². The highest BCUT2D eigenvalue weighted by molar-refractivity contribution is 5.78. The summed E-state index contributed by atoms with van der Waals surface area (Å²) in [6, 6.07) is 0.391. The molecule has 2 aliphatic rings. The average molecular weight is 254 g/mol. The van der Waals surface area contributed by atoms with Crippen LogP contribution in [-0.4, -0.2) is 58.6 Å². The summed E-state index contributed by atoms with van der Waals surface area (Å²) in [5.41, 5.74) is -0.525. The van der Waals surface area contributed by atoms with Gasteiger partial charge in [0, 0.05) is 25.7 Å². The first-order chi connectivity index (χ1) is 8.54. The van der Waals surface area contributed by atoms with Crippen LogP contribution in [-0.2, 0) is 4.79 Å². The molecule has 2 rings (SSSR count). The second-order valence-corrected chi connectivity index (χ2v) is 6.05. The molecule has 1 N–H and O–H groups in total. The van der Waals surface area contributed by atoms with Crippen molar-refractivity contribution in [3.8, 4) is 0 Å². The van der Waals surface area contributed by atoms with E-state index in [0.29, 0.717) is 25.7 Å². The van der Waals surface area contributed by atoms with Crippen molar-refractivity contribution in [1.29, 1.82) is 0 Å². The van der Waals surface area contributed by atoms with Crippen LogP contribution in [0, 0.1) is 0 Å². The lowest BCUT2D eigenvalue weighted by Crippen LogP contribution is -2.63. The van der Waals surface area contributed by atoms with E-state index in [4.69, 9.17) is 0 Å². The molecule has 0 saturated carbocycles. The van der Waals surface area contributed by atoms with Gasteiger partial charge in [-0.05, 0) is 32.6 Å². The van der Waals surface area contributed by atoms with Crippen molar-refractivity contribution in [2.24, 2.45) is 0 Å². The molecule has 4 heteroatoms. The smallest absolute Gasteiger partial charge is 0.236 e. The van der Waals surface area contributed by atoms with Gasteiger partial charge in [0.2, 0.25) is 5.91 Å². The van der Waals surface area contributed by atoms with Gasteiger partial charge in [0.05, 0.1) is 12.1 Å².